The molecule has 1 unspecified atom stereocenters. The number of nitrogens with two attached hydrogens (primary N) is 1. The number of sulfonamides is 1. The van der Waals surface area contributed by atoms with Gasteiger partial charge in [-0.1, -0.05) is 12.1 Å². The number of rotatable bonds is 3. The van der Waals surface area contributed by atoms with Crippen molar-refractivity contribution >= 4 is 15.7 Å². The van der Waals surface area contributed by atoms with Gasteiger partial charge in [-0.15, -0.1) is 0 Å². The Morgan fingerprint density at radius 3 is 2.68 bits per heavy atom. The fourth-order valence-corrected chi connectivity index (χ4v) is 3.99. The highest BCUT2D eigenvalue weighted by molar-refractivity contribution is 7.89. The molecule has 2 N–H and O–H groups in total. The van der Waals surface area contributed by atoms with Crippen molar-refractivity contribution in [3.63, 3.8) is 0 Å². The zero-order chi connectivity index (χ0) is 14.0. The summed E-state index contributed by atoms with van der Waals surface area (Å²) in [6, 6.07) is 6.64. The number of piperidine rings is 1. The van der Waals surface area contributed by atoms with Crippen LogP contribution < -0.4 is 5.73 Å². The maximum Gasteiger partial charge on any atom is 0.245 e. The van der Waals surface area contributed by atoms with Crippen LogP contribution in [0.2, 0.25) is 0 Å². The van der Waals surface area contributed by atoms with E-state index in [0.717, 1.165) is 25.9 Å². The summed E-state index contributed by atoms with van der Waals surface area (Å²) >= 11 is 0. The van der Waals surface area contributed by atoms with Gasteiger partial charge in [-0.05, 0) is 38.6 Å². The first-order valence-corrected chi connectivity index (χ1v) is 7.88. The monoisotopic (exact) mass is 283 g/mol. The Hall–Kier alpha value is -1.11. The van der Waals surface area contributed by atoms with Gasteiger partial charge in [0, 0.05) is 19.6 Å². The van der Waals surface area contributed by atoms with Crippen molar-refractivity contribution in [2.45, 2.75) is 23.8 Å². The molecule has 106 valence electrons. The quantitative estimate of drug-likeness (QED) is 0.840. The summed E-state index contributed by atoms with van der Waals surface area (Å²) in [6.07, 6.45) is 1.91. The maximum atomic E-state index is 12.6. The molecule has 0 bridgehead atoms. The Morgan fingerprint density at radius 1 is 1.37 bits per heavy atom. The van der Waals surface area contributed by atoms with Crippen LogP contribution in [-0.4, -0.2) is 50.8 Å². The van der Waals surface area contributed by atoms with Crippen molar-refractivity contribution in [1.29, 1.82) is 0 Å². The number of nitrogen functional groups attached to an aromatic ring is 1. The normalized spacial score (nSPS) is 21.7. The van der Waals surface area contributed by atoms with E-state index >= 15 is 0 Å². The van der Waals surface area contributed by atoms with Crippen LogP contribution in [0.5, 0.6) is 0 Å². The minimum absolute atomic E-state index is 0.0170. The van der Waals surface area contributed by atoms with Gasteiger partial charge in [0.2, 0.25) is 10.0 Å². The third-order valence-electron chi connectivity index (χ3n) is 3.69. The third kappa shape index (κ3) is 2.91. The molecule has 0 aliphatic carbocycles. The smallest absolute Gasteiger partial charge is 0.245 e. The molecule has 1 aromatic carbocycles. The van der Waals surface area contributed by atoms with E-state index in [1.54, 1.807) is 31.3 Å². The third-order valence-corrected chi connectivity index (χ3v) is 5.67. The van der Waals surface area contributed by atoms with E-state index in [1.165, 1.54) is 4.31 Å². The molecule has 0 amide bonds. The molecule has 0 saturated carbocycles. The maximum absolute atomic E-state index is 12.6. The molecule has 0 aromatic heterocycles. The molecule has 2 rings (SSSR count). The van der Waals surface area contributed by atoms with E-state index in [0.29, 0.717) is 5.69 Å². The fraction of sp³-hybridized carbons (Fsp3) is 0.538. The van der Waals surface area contributed by atoms with E-state index in [1.807, 2.05) is 7.05 Å². The first kappa shape index (κ1) is 14.3. The van der Waals surface area contributed by atoms with Crippen molar-refractivity contribution in [1.82, 2.24) is 9.21 Å². The zero-order valence-corrected chi connectivity index (χ0v) is 12.2. The Labute approximate surface area is 115 Å². The molecule has 0 radical (unpaired) electrons. The summed E-state index contributed by atoms with van der Waals surface area (Å²) in [4.78, 5) is 2.36. The summed E-state index contributed by atoms with van der Waals surface area (Å²) in [5, 5.41) is 0. The molecule has 1 atom stereocenters. The van der Waals surface area contributed by atoms with Gasteiger partial charge in [0.1, 0.15) is 4.90 Å². The second-order valence-corrected chi connectivity index (χ2v) is 7.08. The second-order valence-electron chi connectivity index (χ2n) is 5.12. The summed E-state index contributed by atoms with van der Waals surface area (Å²) in [5.41, 5.74) is 6.09. The van der Waals surface area contributed by atoms with Gasteiger partial charge in [0.05, 0.1) is 5.69 Å². The molecule has 1 aromatic rings. The average molecular weight is 283 g/mol. The van der Waals surface area contributed by atoms with Gasteiger partial charge in [-0.25, -0.2) is 8.42 Å². The van der Waals surface area contributed by atoms with Crippen LogP contribution in [0.4, 0.5) is 5.69 Å². The number of hydrogen-bond donors (Lipinski definition) is 1. The van der Waals surface area contributed by atoms with Crippen molar-refractivity contribution in [2.24, 2.45) is 0 Å². The van der Waals surface area contributed by atoms with Crippen LogP contribution in [0.1, 0.15) is 12.8 Å². The van der Waals surface area contributed by atoms with E-state index in [2.05, 4.69) is 4.90 Å². The molecule has 1 aliphatic heterocycles. The SMILES string of the molecule is CN1CCCC(N(C)S(=O)(=O)c2ccccc2N)C1. The second kappa shape index (κ2) is 5.48. The highest BCUT2D eigenvalue weighted by Crippen LogP contribution is 2.25. The molecular weight excluding hydrogens is 262 g/mol. The topological polar surface area (TPSA) is 66.6 Å². The number of benzene rings is 1. The van der Waals surface area contributed by atoms with Gasteiger partial charge in [-0.3, -0.25) is 0 Å². The minimum Gasteiger partial charge on any atom is -0.398 e. The van der Waals surface area contributed by atoms with Gasteiger partial charge in [-0.2, -0.15) is 4.31 Å². The summed E-state index contributed by atoms with van der Waals surface area (Å²) < 4.78 is 26.6. The van der Waals surface area contributed by atoms with Crippen molar-refractivity contribution in [3.8, 4) is 0 Å². The van der Waals surface area contributed by atoms with Crippen molar-refractivity contribution < 1.29 is 8.42 Å². The summed E-state index contributed by atoms with van der Waals surface area (Å²) in [5.74, 6) is 0. The molecule has 1 heterocycles. The fourth-order valence-electron chi connectivity index (χ4n) is 2.50. The lowest BCUT2D eigenvalue weighted by Gasteiger charge is -2.35. The molecule has 0 spiro atoms. The first-order chi connectivity index (χ1) is 8.93. The molecule has 1 fully saturated rings. The van der Waals surface area contributed by atoms with Crippen LogP contribution in [0, 0.1) is 0 Å². The number of para-hydroxylation sites is 1. The van der Waals surface area contributed by atoms with Gasteiger partial charge >= 0.3 is 0 Å². The van der Waals surface area contributed by atoms with Crippen LogP contribution in [0.3, 0.4) is 0 Å². The van der Waals surface area contributed by atoms with Crippen molar-refractivity contribution in [3.05, 3.63) is 24.3 Å². The Bertz CT molecular complexity index is 545. The van der Waals surface area contributed by atoms with E-state index in [4.69, 9.17) is 5.73 Å². The molecule has 5 nitrogen and oxygen atoms in total. The van der Waals surface area contributed by atoms with E-state index < -0.39 is 10.0 Å². The van der Waals surface area contributed by atoms with Crippen LogP contribution in [0.15, 0.2) is 29.2 Å². The Morgan fingerprint density at radius 2 is 2.05 bits per heavy atom. The zero-order valence-electron chi connectivity index (χ0n) is 11.4. The number of hydrogen-bond acceptors (Lipinski definition) is 4. The highest BCUT2D eigenvalue weighted by Gasteiger charge is 2.31. The van der Waals surface area contributed by atoms with Crippen LogP contribution in [0.25, 0.3) is 0 Å². The standard InChI is InChI=1S/C13H21N3O2S/c1-15-9-5-6-11(10-15)16(2)19(17,18)13-8-4-3-7-12(13)14/h3-4,7-8,11H,5-6,9-10,14H2,1-2H3. The molecule has 1 aliphatic rings. The predicted molar refractivity (Wildman–Crippen MR) is 76.3 cm³/mol. The van der Waals surface area contributed by atoms with Gasteiger partial charge in [0.15, 0.2) is 0 Å². The van der Waals surface area contributed by atoms with E-state index in [-0.39, 0.29) is 10.9 Å². The summed E-state index contributed by atoms with van der Waals surface area (Å²) in [6.45, 7) is 1.79. The van der Waals surface area contributed by atoms with Crippen LogP contribution >= 0.6 is 0 Å². The highest BCUT2D eigenvalue weighted by atomic mass is 32.2. The van der Waals surface area contributed by atoms with Gasteiger partial charge < -0.3 is 10.6 Å². The lowest BCUT2D eigenvalue weighted by molar-refractivity contribution is 0.187. The van der Waals surface area contributed by atoms with Crippen LogP contribution in [-0.2, 0) is 10.0 Å². The summed E-state index contributed by atoms with van der Waals surface area (Å²) in [7, 11) is 0.151. The lowest BCUT2D eigenvalue weighted by Crippen LogP contribution is -2.47. The molecular formula is C13H21N3O2S. The number of anilines is 1. The average Bonchev–Trinajstić information content (AvgIpc) is 2.38. The molecule has 6 heteroatoms. The number of likely N-dealkylation sites (tertiary alicyclic amines) is 1. The molecule has 19 heavy (non-hydrogen) atoms. The first-order valence-electron chi connectivity index (χ1n) is 6.44. The number of likely N-dealkylation sites (N-methyl/N-ethyl adjacent to an activating group) is 2. The number of nitrogens with zero attached hydrogens (tertiary/aromatic N) is 2. The Balaban J connectivity index is 2.27. The molecule has 1 saturated heterocycles. The van der Waals surface area contributed by atoms with E-state index in [9.17, 15) is 8.42 Å². The lowest BCUT2D eigenvalue weighted by atomic mass is 10.1. The van der Waals surface area contributed by atoms with Gasteiger partial charge in [0.25, 0.3) is 0 Å². The van der Waals surface area contributed by atoms with Crippen molar-refractivity contribution in [2.75, 3.05) is 32.9 Å². The minimum atomic E-state index is -3.51. The predicted octanol–water partition coefficient (Wildman–Crippen LogP) is 0.983. The largest absolute Gasteiger partial charge is 0.398 e. The Kier molecular flexibility index (Phi) is 4.13.